The molecule has 1 N–H and O–H groups in total. The summed E-state index contributed by atoms with van der Waals surface area (Å²) in [5.41, 5.74) is 4.74. The average Bonchev–Trinajstić information content (AvgIpc) is 3.05. The maximum atomic E-state index is 12.5. The van der Waals surface area contributed by atoms with Gasteiger partial charge in [0.25, 0.3) is 0 Å². The molecule has 0 aliphatic heterocycles. The molecule has 1 amide bonds. The van der Waals surface area contributed by atoms with Gasteiger partial charge in [0.05, 0.1) is 27.7 Å². The van der Waals surface area contributed by atoms with Crippen molar-refractivity contribution in [3.63, 3.8) is 0 Å². The quantitative estimate of drug-likeness (QED) is 0.539. The lowest BCUT2D eigenvalue weighted by Crippen LogP contribution is -2.21. The van der Waals surface area contributed by atoms with E-state index in [-0.39, 0.29) is 23.8 Å². The van der Waals surface area contributed by atoms with E-state index >= 15 is 0 Å². The van der Waals surface area contributed by atoms with E-state index in [1.807, 2.05) is 45.0 Å². The Kier molecular flexibility index (Phi) is 5.00. The van der Waals surface area contributed by atoms with Crippen LogP contribution >= 0.6 is 0 Å². The molecule has 0 unspecified atom stereocenters. The van der Waals surface area contributed by atoms with Crippen LogP contribution < -0.4 is 5.32 Å². The number of nitrogens with zero attached hydrogens (tertiary/aromatic N) is 5. The first-order valence-corrected chi connectivity index (χ1v) is 8.80. The van der Waals surface area contributed by atoms with Gasteiger partial charge in [-0.25, -0.2) is 4.68 Å². The molecule has 9 heteroatoms. The van der Waals surface area contributed by atoms with E-state index in [0.717, 1.165) is 16.9 Å². The second kappa shape index (κ2) is 7.26. The minimum atomic E-state index is -0.480. The van der Waals surface area contributed by atoms with Crippen LogP contribution in [0.15, 0.2) is 24.3 Å². The molecule has 1 aromatic carbocycles. The Bertz CT molecular complexity index is 1060. The number of amides is 1. The zero-order chi connectivity index (χ0) is 20.6. The summed E-state index contributed by atoms with van der Waals surface area (Å²) in [7, 11) is 0. The molecule has 3 aromatic rings. The molecule has 9 nitrogen and oxygen atoms in total. The van der Waals surface area contributed by atoms with E-state index in [0.29, 0.717) is 17.1 Å². The zero-order valence-electron chi connectivity index (χ0n) is 16.5. The second-order valence-corrected chi connectivity index (χ2v) is 6.78. The van der Waals surface area contributed by atoms with E-state index in [4.69, 9.17) is 0 Å². The highest BCUT2D eigenvalue weighted by atomic mass is 16.6. The Morgan fingerprint density at radius 2 is 1.68 bits per heavy atom. The molecular weight excluding hydrogens is 360 g/mol. The van der Waals surface area contributed by atoms with Crippen LogP contribution in [0.1, 0.15) is 28.3 Å². The SMILES string of the molecule is Cc1ccc(-n2nc(C)c(NC(=O)Cn3nc(C)c([N+](=O)[O-])c3C)c2C)cc1. The van der Waals surface area contributed by atoms with Gasteiger partial charge in [-0.3, -0.25) is 19.6 Å². The van der Waals surface area contributed by atoms with Crippen molar-refractivity contribution >= 4 is 17.3 Å². The summed E-state index contributed by atoms with van der Waals surface area (Å²) >= 11 is 0. The van der Waals surface area contributed by atoms with Crippen molar-refractivity contribution in [2.24, 2.45) is 0 Å². The molecule has 0 radical (unpaired) electrons. The molecule has 0 bridgehead atoms. The molecule has 146 valence electrons. The first-order chi connectivity index (χ1) is 13.2. The Morgan fingerprint density at radius 3 is 2.25 bits per heavy atom. The molecule has 2 aromatic heterocycles. The van der Waals surface area contributed by atoms with Crippen LogP contribution in [0.25, 0.3) is 5.69 Å². The van der Waals surface area contributed by atoms with Crippen LogP contribution in [-0.4, -0.2) is 30.4 Å². The van der Waals surface area contributed by atoms with E-state index in [9.17, 15) is 14.9 Å². The molecule has 0 saturated carbocycles. The van der Waals surface area contributed by atoms with Gasteiger partial charge in [-0.05, 0) is 46.8 Å². The van der Waals surface area contributed by atoms with Crippen LogP contribution in [-0.2, 0) is 11.3 Å². The average molecular weight is 382 g/mol. The highest BCUT2D eigenvalue weighted by Crippen LogP contribution is 2.24. The van der Waals surface area contributed by atoms with Crippen LogP contribution in [0, 0.1) is 44.7 Å². The molecule has 0 spiro atoms. The molecule has 0 saturated heterocycles. The number of benzene rings is 1. The lowest BCUT2D eigenvalue weighted by molar-refractivity contribution is -0.386. The number of hydrogen-bond donors (Lipinski definition) is 1. The van der Waals surface area contributed by atoms with Crippen LogP contribution in [0.5, 0.6) is 0 Å². The Hall–Kier alpha value is -3.49. The van der Waals surface area contributed by atoms with Crippen LogP contribution in [0.4, 0.5) is 11.4 Å². The summed E-state index contributed by atoms with van der Waals surface area (Å²) in [6.07, 6.45) is 0. The summed E-state index contributed by atoms with van der Waals surface area (Å²) in [6, 6.07) is 7.93. The van der Waals surface area contributed by atoms with Gasteiger partial charge in [0.15, 0.2) is 0 Å². The molecule has 3 rings (SSSR count). The van der Waals surface area contributed by atoms with Gasteiger partial charge in [0.1, 0.15) is 17.9 Å². The third kappa shape index (κ3) is 3.51. The largest absolute Gasteiger partial charge is 0.321 e. The number of nitrogens with one attached hydrogen (secondary N) is 1. The highest BCUT2D eigenvalue weighted by Gasteiger charge is 2.23. The van der Waals surface area contributed by atoms with Crippen LogP contribution in [0.2, 0.25) is 0 Å². The molecule has 2 heterocycles. The van der Waals surface area contributed by atoms with Crippen molar-refractivity contribution in [3.8, 4) is 5.69 Å². The molecule has 0 aliphatic rings. The minimum absolute atomic E-state index is 0.0626. The standard InChI is InChI=1S/C19H22N6O3/c1-11-6-8-16(9-7-11)24-14(4)18(12(2)22-24)20-17(26)10-23-15(5)19(25(27)28)13(3)21-23/h6-9H,10H2,1-5H3,(H,20,26). The van der Waals surface area contributed by atoms with Crippen LogP contribution in [0.3, 0.4) is 0 Å². The number of anilines is 1. The number of hydrogen-bond acceptors (Lipinski definition) is 5. The molecule has 0 aliphatic carbocycles. The van der Waals surface area contributed by atoms with Gasteiger partial charge >= 0.3 is 5.69 Å². The number of nitro groups is 1. The van der Waals surface area contributed by atoms with Crippen molar-refractivity contribution in [1.82, 2.24) is 19.6 Å². The van der Waals surface area contributed by atoms with Crippen molar-refractivity contribution < 1.29 is 9.72 Å². The Balaban J connectivity index is 1.83. The number of aromatic nitrogens is 4. The maximum absolute atomic E-state index is 12.5. The third-order valence-corrected chi connectivity index (χ3v) is 4.65. The summed E-state index contributed by atoms with van der Waals surface area (Å²) in [5.74, 6) is -0.324. The summed E-state index contributed by atoms with van der Waals surface area (Å²) in [4.78, 5) is 23.2. The molecule has 0 fully saturated rings. The fraction of sp³-hybridized carbons (Fsp3) is 0.316. The van der Waals surface area contributed by atoms with E-state index in [2.05, 4.69) is 15.5 Å². The zero-order valence-corrected chi connectivity index (χ0v) is 16.5. The van der Waals surface area contributed by atoms with E-state index in [1.54, 1.807) is 18.5 Å². The molecular formula is C19H22N6O3. The number of rotatable bonds is 5. The molecule has 28 heavy (non-hydrogen) atoms. The smallest absolute Gasteiger partial charge is 0.312 e. The van der Waals surface area contributed by atoms with Crippen molar-refractivity contribution in [1.29, 1.82) is 0 Å². The monoisotopic (exact) mass is 382 g/mol. The highest BCUT2D eigenvalue weighted by molar-refractivity contribution is 5.91. The van der Waals surface area contributed by atoms with Gasteiger partial charge in [-0.2, -0.15) is 10.2 Å². The van der Waals surface area contributed by atoms with Gasteiger partial charge in [-0.15, -0.1) is 0 Å². The second-order valence-electron chi connectivity index (χ2n) is 6.78. The van der Waals surface area contributed by atoms with Gasteiger partial charge < -0.3 is 5.32 Å². The topological polar surface area (TPSA) is 108 Å². The Morgan fingerprint density at radius 1 is 1.04 bits per heavy atom. The van der Waals surface area contributed by atoms with E-state index in [1.165, 1.54) is 4.68 Å². The predicted molar refractivity (Wildman–Crippen MR) is 105 cm³/mol. The first-order valence-electron chi connectivity index (χ1n) is 8.80. The summed E-state index contributed by atoms with van der Waals surface area (Å²) in [5, 5.41) is 22.6. The predicted octanol–water partition coefficient (Wildman–Crippen LogP) is 3.16. The van der Waals surface area contributed by atoms with Crippen molar-refractivity contribution in [3.05, 3.63) is 62.7 Å². The maximum Gasteiger partial charge on any atom is 0.312 e. The molecule has 0 atom stereocenters. The van der Waals surface area contributed by atoms with Gasteiger partial charge in [0, 0.05) is 0 Å². The van der Waals surface area contributed by atoms with Gasteiger partial charge in [-0.1, -0.05) is 17.7 Å². The fourth-order valence-corrected chi connectivity index (χ4v) is 3.18. The number of carbonyl (C=O) groups is 1. The number of aryl methyl sites for hydroxylation is 3. The Labute approximate surface area is 162 Å². The van der Waals surface area contributed by atoms with Gasteiger partial charge in [0.2, 0.25) is 5.91 Å². The third-order valence-electron chi connectivity index (χ3n) is 4.65. The minimum Gasteiger partial charge on any atom is -0.321 e. The van der Waals surface area contributed by atoms with Crippen molar-refractivity contribution in [2.45, 2.75) is 41.2 Å². The first kappa shape index (κ1) is 19.3. The number of carbonyl (C=O) groups excluding carboxylic acids is 1. The lowest BCUT2D eigenvalue weighted by Gasteiger charge is -2.08. The summed E-state index contributed by atoms with van der Waals surface area (Å²) in [6.45, 7) is 8.73. The summed E-state index contributed by atoms with van der Waals surface area (Å²) < 4.78 is 3.12. The van der Waals surface area contributed by atoms with E-state index < -0.39 is 4.92 Å². The van der Waals surface area contributed by atoms with Crippen molar-refractivity contribution in [2.75, 3.05) is 5.32 Å². The normalized spacial score (nSPS) is 10.9. The fourth-order valence-electron chi connectivity index (χ4n) is 3.18. The lowest BCUT2D eigenvalue weighted by atomic mass is 10.2.